The van der Waals surface area contributed by atoms with E-state index in [1.165, 1.54) is 11.8 Å². The Morgan fingerprint density at radius 2 is 2.43 bits per heavy atom. The number of hydrogen-bond acceptors (Lipinski definition) is 8. The summed E-state index contributed by atoms with van der Waals surface area (Å²) in [5.41, 5.74) is 2.82. The quantitative estimate of drug-likeness (QED) is 0.462. The fourth-order valence-corrected chi connectivity index (χ4v) is 2.44. The minimum atomic E-state index is 0.145. The monoisotopic (exact) mass is 317 g/mol. The lowest BCUT2D eigenvalue weighted by atomic mass is 10.0. The first-order valence-corrected chi connectivity index (χ1v) is 8.17. The van der Waals surface area contributed by atoms with Crippen molar-refractivity contribution in [1.82, 2.24) is 20.5 Å². The molecule has 0 fully saturated rings. The van der Waals surface area contributed by atoms with Gasteiger partial charge in [0.05, 0.1) is 24.5 Å². The number of thioether (sulfide) groups is 1. The normalized spacial score (nSPS) is 12.5. The van der Waals surface area contributed by atoms with Crippen molar-refractivity contribution in [3.8, 4) is 0 Å². The van der Waals surface area contributed by atoms with Crippen molar-refractivity contribution >= 4 is 17.5 Å². The standard InChI is InChI=1S/C12H23N5O3S/c1-21-9-12(18)6-11-8-17(16-15-11)7-10(2-4-14-19)3-5-20-13/h8,10,14,19H,2-7,9,13H2,1H3. The molecule has 0 aliphatic carbocycles. The first-order chi connectivity index (χ1) is 10.2. The molecule has 1 unspecified atom stereocenters. The molecule has 1 atom stereocenters. The van der Waals surface area contributed by atoms with Crippen LogP contribution in [0.3, 0.4) is 0 Å². The summed E-state index contributed by atoms with van der Waals surface area (Å²) < 4.78 is 1.72. The summed E-state index contributed by atoms with van der Waals surface area (Å²) in [6.45, 7) is 1.58. The first-order valence-electron chi connectivity index (χ1n) is 6.77. The minimum Gasteiger partial charge on any atom is -0.317 e. The van der Waals surface area contributed by atoms with Crippen LogP contribution in [-0.2, 0) is 22.6 Å². The number of carbonyl (C=O) groups excluding carboxylic acids is 1. The van der Waals surface area contributed by atoms with Gasteiger partial charge in [-0.1, -0.05) is 5.21 Å². The minimum absolute atomic E-state index is 0.145. The number of ketones is 1. The zero-order valence-corrected chi connectivity index (χ0v) is 13.0. The van der Waals surface area contributed by atoms with Gasteiger partial charge in [-0.2, -0.15) is 11.8 Å². The number of aromatic nitrogens is 3. The van der Waals surface area contributed by atoms with Crippen molar-refractivity contribution in [3.05, 3.63) is 11.9 Å². The molecule has 0 aliphatic rings. The zero-order chi connectivity index (χ0) is 15.5. The number of hydroxylamine groups is 1. The van der Waals surface area contributed by atoms with Gasteiger partial charge in [0.1, 0.15) is 5.78 Å². The molecule has 0 bridgehead atoms. The Morgan fingerprint density at radius 1 is 1.62 bits per heavy atom. The summed E-state index contributed by atoms with van der Waals surface area (Å²) in [6, 6.07) is 0. The van der Waals surface area contributed by atoms with Gasteiger partial charge < -0.3 is 10.0 Å². The number of Topliss-reactive ketones (excluding diaryl/α,β-unsaturated/α-hetero) is 1. The Morgan fingerprint density at radius 3 is 3.10 bits per heavy atom. The van der Waals surface area contributed by atoms with Crippen LogP contribution in [0.15, 0.2) is 6.20 Å². The van der Waals surface area contributed by atoms with Crippen molar-refractivity contribution in [1.29, 1.82) is 0 Å². The highest BCUT2D eigenvalue weighted by Gasteiger charge is 2.12. The van der Waals surface area contributed by atoms with Gasteiger partial charge in [-0.15, -0.1) is 5.10 Å². The zero-order valence-electron chi connectivity index (χ0n) is 12.2. The van der Waals surface area contributed by atoms with Crippen LogP contribution < -0.4 is 11.4 Å². The van der Waals surface area contributed by atoms with Crippen LogP contribution in [0.25, 0.3) is 0 Å². The molecule has 1 rings (SSSR count). The van der Waals surface area contributed by atoms with Crippen LogP contribution in [0.2, 0.25) is 0 Å². The largest absolute Gasteiger partial charge is 0.317 e. The molecule has 0 saturated heterocycles. The molecule has 1 aromatic rings. The highest BCUT2D eigenvalue weighted by molar-refractivity contribution is 7.99. The summed E-state index contributed by atoms with van der Waals surface area (Å²) >= 11 is 1.50. The second kappa shape index (κ2) is 10.7. The lowest BCUT2D eigenvalue weighted by Crippen LogP contribution is -2.20. The van der Waals surface area contributed by atoms with Gasteiger partial charge >= 0.3 is 0 Å². The second-order valence-electron chi connectivity index (χ2n) is 4.80. The average Bonchev–Trinajstić information content (AvgIpc) is 2.89. The highest BCUT2D eigenvalue weighted by atomic mass is 32.2. The van der Waals surface area contributed by atoms with Crippen LogP contribution in [0.1, 0.15) is 18.5 Å². The summed E-state index contributed by atoms with van der Waals surface area (Å²) in [5.74, 6) is 5.94. The lowest BCUT2D eigenvalue weighted by molar-refractivity contribution is -0.116. The Hall–Kier alpha value is -1.00. The smallest absolute Gasteiger partial charge is 0.148 e. The molecule has 0 aromatic carbocycles. The molecule has 0 aliphatic heterocycles. The van der Waals surface area contributed by atoms with Gasteiger partial charge in [0, 0.05) is 19.3 Å². The van der Waals surface area contributed by atoms with E-state index in [1.54, 1.807) is 10.9 Å². The topological polar surface area (TPSA) is 115 Å². The summed E-state index contributed by atoms with van der Waals surface area (Å²) in [7, 11) is 0. The molecule has 8 nitrogen and oxygen atoms in total. The highest BCUT2D eigenvalue weighted by Crippen LogP contribution is 2.11. The number of nitrogens with two attached hydrogens (primary N) is 1. The lowest BCUT2D eigenvalue weighted by Gasteiger charge is -2.15. The van der Waals surface area contributed by atoms with E-state index < -0.39 is 0 Å². The number of rotatable bonds is 12. The van der Waals surface area contributed by atoms with Crippen molar-refractivity contribution in [3.63, 3.8) is 0 Å². The molecule has 120 valence electrons. The van der Waals surface area contributed by atoms with Crippen molar-refractivity contribution < 1.29 is 14.8 Å². The van der Waals surface area contributed by atoms with Crippen LogP contribution in [0.5, 0.6) is 0 Å². The number of hydrogen-bond donors (Lipinski definition) is 3. The van der Waals surface area contributed by atoms with Crippen molar-refractivity contribution in [2.75, 3.05) is 25.2 Å². The molecule has 1 aromatic heterocycles. The predicted molar refractivity (Wildman–Crippen MR) is 79.8 cm³/mol. The molecule has 21 heavy (non-hydrogen) atoms. The molecular weight excluding hydrogens is 294 g/mol. The summed E-state index contributed by atoms with van der Waals surface area (Å²) in [5, 5.41) is 16.7. The van der Waals surface area contributed by atoms with E-state index in [0.717, 1.165) is 12.8 Å². The van der Waals surface area contributed by atoms with Crippen LogP contribution in [0, 0.1) is 5.92 Å². The average molecular weight is 317 g/mol. The maximum atomic E-state index is 11.6. The number of carbonyl (C=O) groups is 1. The Bertz CT molecular complexity index is 407. The molecule has 0 radical (unpaired) electrons. The van der Waals surface area contributed by atoms with Crippen LogP contribution in [0.4, 0.5) is 0 Å². The van der Waals surface area contributed by atoms with Gasteiger partial charge in [0.2, 0.25) is 0 Å². The SMILES string of the molecule is CSCC(=O)Cc1cn(CC(CCNO)CCON)nn1. The number of nitrogens with zero attached hydrogens (tertiary/aromatic N) is 3. The van der Waals surface area contributed by atoms with E-state index in [-0.39, 0.29) is 11.7 Å². The van der Waals surface area contributed by atoms with E-state index in [0.29, 0.717) is 37.6 Å². The molecule has 0 amide bonds. The van der Waals surface area contributed by atoms with Crippen LogP contribution >= 0.6 is 11.8 Å². The third-order valence-electron chi connectivity index (χ3n) is 3.02. The van der Waals surface area contributed by atoms with Gasteiger partial charge in [-0.25, -0.2) is 11.4 Å². The third kappa shape index (κ3) is 7.53. The van der Waals surface area contributed by atoms with Gasteiger partial charge in [0.15, 0.2) is 0 Å². The van der Waals surface area contributed by atoms with Crippen molar-refractivity contribution in [2.45, 2.75) is 25.8 Å². The Kier molecular flexibility index (Phi) is 9.19. The maximum absolute atomic E-state index is 11.6. The molecule has 1 heterocycles. The maximum Gasteiger partial charge on any atom is 0.148 e. The van der Waals surface area contributed by atoms with Crippen molar-refractivity contribution in [2.24, 2.45) is 11.8 Å². The van der Waals surface area contributed by atoms with E-state index in [9.17, 15) is 4.79 Å². The van der Waals surface area contributed by atoms with Gasteiger partial charge in [-0.05, 0) is 25.0 Å². The molecule has 9 heteroatoms. The Labute approximate surface area is 128 Å². The molecule has 0 spiro atoms. The van der Waals surface area contributed by atoms with E-state index in [4.69, 9.17) is 11.1 Å². The number of nitrogens with one attached hydrogen (secondary N) is 1. The predicted octanol–water partition coefficient (Wildman–Crippen LogP) is 0.0182. The third-order valence-corrected chi connectivity index (χ3v) is 3.63. The summed E-state index contributed by atoms with van der Waals surface area (Å²) in [6.07, 6.45) is 5.53. The fraction of sp³-hybridized carbons (Fsp3) is 0.750. The fourth-order valence-electron chi connectivity index (χ4n) is 2.02. The molecule has 4 N–H and O–H groups in total. The Balaban J connectivity index is 2.50. The van der Waals surface area contributed by atoms with E-state index in [2.05, 4.69) is 20.6 Å². The van der Waals surface area contributed by atoms with Crippen LogP contribution in [-0.4, -0.2) is 51.1 Å². The summed E-state index contributed by atoms with van der Waals surface area (Å²) in [4.78, 5) is 16.2. The van der Waals surface area contributed by atoms with Gasteiger partial charge in [0.25, 0.3) is 0 Å². The first kappa shape index (κ1) is 18.1. The molecular formula is C12H23N5O3S. The molecule has 0 saturated carbocycles. The van der Waals surface area contributed by atoms with E-state index >= 15 is 0 Å². The van der Waals surface area contributed by atoms with E-state index in [1.807, 2.05) is 6.26 Å². The second-order valence-corrected chi connectivity index (χ2v) is 5.67. The van der Waals surface area contributed by atoms with Gasteiger partial charge in [-0.3, -0.25) is 9.48 Å².